The number of benzene rings is 1. The number of ether oxygens (including phenoxy) is 1. The summed E-state index contributed by atoms with van der Waals surface area (Å²) in [5.74, 6) is -1.63. The number of ketones is 1. The molecule has 0 unspecified atom stereocenters. The van der Waals surface area contributed by atoms with E-state index in [0.717, 1.165) is 0 Å². The van der Waals surface area contributed by atoms with Gasteiger partial charge >= 0.3 is 0 Å². The number of Topliss-reactive ketones (excluding diaryl/α,β-unsaturated/α-hetero) is 1. The highest BCUT2D eigenvalue weighted by Crippen LogP contribution is 2.39. The van der Waals surface area contributed by atoms with Crippen LogP contribution < -0.4 is 0 Å². The molecule has 136 valence electrons. The van der Waals surface area contributed by atoms with Crippen molar-refractivity contribution in [3.63, 3.8) is 0 Å². The maximum Gasteiger partial charge on any atom is 0.290 e. The lowest BCUT2D eigenvalue weighted by molar-refractivity contribution is -0.129. The molecule has 1 aliphatic rings. The number of halogens is 1. The van der Waals surface area contributed by atoms with Crippen LogP contribution in [0.3, 0.4) is 0 Å². The highest BCUT2D eigenvalue weighted by Gasteiger charge is 2.44. The molecule has 1 aromatic heterocycles. The van der Waals surface area contributed by atoms with E-state index in [-0.39, 0.29) is 11.3 Å². The van der Waals surface area contributed by atoms with Gasteiger partial charge in [-0.3, -0.25) is 9.59 Å². The summed E-state index contributed by atoms with van der Waals surface area (Å²) in [4.78, 5) is 26.9. The van der Waals surface area contributed by atoms with E-state index in [1.807, 2.05) is 0 Å². The Kier molecular flexibility index (Phi) is 5.44. The smallest absolute Gasteiger partial charge is 0.290 e. The number of furan rings is 1. The van der Waals surface area contributed by atoms with Crippen LogP contribution in [0.5, 0.6) is 0 Å². The lowest BCUT2D eigenvalue weighted by Gasteiger charge is -2.26. The van der Waals surface area contributed by atoms with Gasteiger partial charge in [0.05, 0.1) is 17.9 Å². The molecular formula is C19H18ClNO5. The highest BCUT2D eigenvalue weighted by atomic mass is 35.5. The largest absolute Gasteiger partial charge is 0.503 e. The van der Waals surface area contributed by atoms with Crippen molar-refractivity contribution in [1.82, 2.24) is 4.90 Å². The predicted molar refractivity (Wildman–Crippen MR) is 95.1 cm³/mol. The summed E-state index contributed by atoms with van der Waals surface area (Å²) in [6, 6.07) is 9.21. The van der Waals surface area contributed by atoms with Crippen LogP contribution in [0.2, 0.25) is 5.02 Å². The molecule has 0 fully saturated rings. The summed E-state index contributed by atoms with van der Waals surface area (Å²) in [6.07, 6.45) is 1.93. The van der Waals surface area contributed by atoms with Gasteiger partial charge in [-0.2, -0.15) is 0 Å². The zero-order valence-electron chi connectivity index (χ0n) is 14.1. The van der Waals surface area contributed by atoms with E-state index in [1.54, 1.807) is 37.4 Å². The number of hydrogen-bond acceptors (Lipinski definition) is 5. The number of nitrogens with zero attached hydrogens (tertiary/aromatic N) is 1. The Morgan fingerprint density at radius 2 is 2.15 bits per heavy atom. The van der Waals surface area contributed by atoms with E-state index >= 15 is 0 Å². The second-order valence-electron chi connectivity index (χ2n) is 5.87. The van der Waals surface area contributed by atoms with E-state index < -0.39 is 23.5 Å². The van der Waals surface area contributed by atoms with Gasteiger partial charge in [0.15, 0.2) is 11.5 Å². The van der Waals surface area contributed by atoms with Gasteiger partial charge in [0.2, 0.25) is 5.78 Å². The SMILES string of the molecule is COCCCN1C(=O)C(O)=C(C(=O)c2ccco2)[C@@H]1c1cccc(Cl)c1. The highest BCUT2D eigenvalue weighted by molar-refractivity contribution is 6.30. The first-order valence-corrected chi connectivity index (χ1v) is 8.49. The fourth-order valence-electron chi connectivity index (χ4n) is 3.06. The predicted octanol–water partition coefficient (Wildman–Crippen LogP) is 3.55. The monoisotopic (exact) mass is 375 g/mol. The molecule has 0 spiro atoms. The number of aliphatic hydroxyl groups is 1. The van der Waals surface area contributed by atoms with Gasteiger partial charge < -0.3 is 19.2 Å². The molecule has 0 aliphatic carbocycles. The quantitative estimate of drug-likeness (QED) is 0.591. The van der Waals surface area contributed by atoms with E-state index in [1.165, 1.54) is 17.2 Å². The second kappa shape index (κ2) is 7.76. The summed E-state index contributed by atoms with van der Waals surface area (Å²) in [6.45, 7) is 0.775. The second-order valence-corrected chi connectivity index (χ2v) is 6.31. The Labute approximate surface area is 155 Å². The van der Waals surface area contributed by atoms with Gasteiger partial charge in [-0.25, -0.2) is 0 Å². The van der Waals surface area contributed by atoms with Gasteiger partial charge in [0.1, 0.15) is 0 Å². The zero-order valence-corrected chi connectivity index (χ0v) is 14.9. The molecule has 1 aliphatic heterocycles. The average Bonchev–Trinajstić information content (AvgIpc) is 3.24. The molecule has 26 heavy (non-hydrogen) atoms. The van der Waals surface area contributed by atoms with E-state index in [4.69, 9.17) is 20.8 Å². The van der Waals surface area contributed by atoms with Gasteiger partial charge in [0, 0.05) is 25.3 Å². The third kappa shape index (κ3) is 3.38. The number of rotatable bonds is 7. The van der Waals surface area contributed by atoms with Crippen LogP contribution in [-0.2, 0) is 9.53 Å². The summed E-state index contributed by atoms with van der Waals surface area (Å²) in [5, 5.41) is 10.9. The third-order valence-electron chi connectivity index (χ3n) is 4.21. The van der Waals surface area contributed by atoms with Crippen LogP contribution >= 0.6 is 11.6 Å². The van der Waals surface area contributed by atoms with Crippen LogP contribution in [0.4, 0.5) is 0 Å². The summed E-state index contributed by atoms with van der Waals surface area (Å²) in [7, 11) is 1.57. The molecule has 0 bridgehead atoms. The lowest BCUT2D eigenvalue weighted by atomic mass is 9.95. The number of methoxy groups -OCH3 is 1. The Morgan fingerprint density at radius 1 is 1.35 bits per heavy atom. The molecule has 0 saturated heterocycles. The van der Waals surface area contributed by atoms with E-state index in [0.29, 0.717) is 30.2 Å². The number of amides is 1. The van der Waals surface area contributed by atoms with Crippen LogP contribution in [-0.4, -0.2) is 42.0 Å². The zero-order chi connectivity index (χ0) is 18.7. The van der Waals surface area contributed by atoms with Crippen molar-refractivity contribution in [2.24, 2.45) is 0 Å². The minimum atomic E-state index is -0.740. The molecule has 7 heteroatoms. The molecule has 1 atom stereocenters. The Hall–Kier alpha value is -2.57. The molecule has 1 N–H and O–H groups in total. The molecule has 2 aromatic rings. The number of carbonyl (C=O) groups is 2. The minimum absolute atomic E-state index is 0.00960. The normalized spacial score (nSPS) is 17.2. The van der Waals surface area contributed by atoms with Crippen LogP contribution in [0.15, 0.2) is 58.4 Å². The van der Waals surface area contributed by atoms with Crippen LogP contribution in [0, 0.1) is 0 Å². The lowest BCUT2D eigenvalue weighted by Crippen LogP contribution is -2.32. The fraction of sp³-hybridized carbons (Fsp3) is 0.263. The van der Waals surface area contributed by atoms with Crippen molar-refractivity contribution in [2.75, 3.05) is 20.3 Å². The first kappa shape index (κ1) is 18.2. The molecular weight excluding hydrogens is 358 g/mol. The number of aliphatic hydroxyl groups excluding tert-OH is 1. The van der Waals surface area contributed by atoms with Crippen molar-refractivity contribution in [2.45, 2.75) is 12.5 Å². The molecule has 3 rings (SSSR count). The van der Waals surface area contributed by atoms with Crippen molar-refractivity contribution < 1.29 is 23.8 Å². The van der Waals surface area contributed by atoms with Crippen molar-refractivity contribution >= 4 is 23.3 Å². The maximum atomic E-state index is 12.9. The van der Waals surface area contributed by atoms with E-state index in [2.05, 4.69) is 0 Å². The van der Waals surface area contributed by atoms with Gasteiger partial charge in [-0.15, -0.1) is 0 Å². The minimum Gasteiger partial charge on any atom is -0.503 e. The topological polar surface area (TPSA) is 80.0 Å². The van der Waals surface area contributed by atoms with Crippen LogP contribution in [0.1, 0.15) is 28.6 Å². The molecule has 0 radical (unpaired) electrons. The maximum absolute atomic E-state index is 12.9. The number of carbonyl (C=O) groups excluding carboxylic acids is 2. The molecule has 0 saturated carbocycles. The summed E-state index contributed by atoms with van der Waals surface area (Å²) >= 11 is 6.09. The van der Waals surface area contributed by atoms with Crippen molar-refractivity contribution in [3.8, 4) is 0 Å². The van der Waals surface area contributed by atoms with Crippen molar-refractivity contribution in [1.29, 1.82) is 0 Å². The average molecular weight is 376 g/mol. The standard InChI is InChI=1S/C19H18ClNO5/c1-25-9-4-8-21-16(12-5-2-6-13(20)11-12)15(18(23)19(21)24)17(22)14-7-3-10-26-14/h2-3,5-7,10-11,16,23H,4,8-9H2,1H3/t16-/m0/s1. The van der Waals surface area contributed by atoms with Gasteiger partial charge in [-0.05, 0) is 36.2 Å². The van der Waals surface area contributed by atoms with E-state index in [9.17, 15) is 14.7 Å². The fourth-order valence-corrected chi connectivity index (χ4v) is 3.26. The summed E-state index contributed by atoms with van der Waals surface area (Å²) in [5.41, 5.74) is 0.631. The summed E-state index contributed by atoms with van der Waals surface area (Å²) < 4.78 is 10.2. The Bertz CT molecular complexity index is 843. The molecule has 6 nitrogen and oxygen atoms in total. The molecule has 1 amide bonds. The van der Waals surface area contributed by atoms with Gasteiger partial charge in [0.25, 0.3) is 5.91 Å². The Morgan fingerprint density at radius 3 is 2.81 bits per heavy atom. The molecule has 1 aromatic carbocycles. The van der Waals surface area contributed by atoms with Gasteiger partial charge in [-0.1, -0.05) is 23.7 Å². The first-order valence-electron chi connectivity index (χ1n) is 8.11. The molecule has 2 heterocycles. The van der Waals surface area contributed by atoms with Crippen LogP contribution in [0.25, 0.3) is 0 Å². The van der Waals surface area contributed by atoms with Crippen molar-refractivity contribution in [3.05, 3.63) is 70.3 Å². The number of hydrogen-bond donors (Lipinski definition) is 1. The first-order chi connectivity index (χ1) is 12.5. The Balaban J connectivity index is 2.04. The third-order valence-corrected chi connectivity index (χ3v) is 4.44.